The minimum atomic E-state index is -0.417. The van der Waals surface area contributed by atoms with Gasteiger partial charge >= 0.3 is 0 Å². The van der Waals surface area contributed by atoms with Crippen LogP contribution >= 0.6 is 0 Å². The van der Waals surface area contributed by atoms with Crippen LogP contribution in [0.15, 0.2) is 24.3 Å². The number of nitro benzene ring substituents is 1. The standard InChI is InChI=1S/C9H12N2O3/c1-2-14-10-7-8-3-5-9(6-4-8)11(12)13/h3-6,10H,2,7H2,1H3. The number of hydrogen-bond donors (Lipinski definition) is 1. The van der Waals surface area contributed by atoms with Gasteiger partial charge in [-0.05, 0) is 12.5 Å². The van der Waals surface area contributed by atoms with Crippen molar-refractivity contribution < 1.29 is 9.76 Å². The van der Waals surface area contributed by atoms with Crippen LogP contribution in [0.3, 0.4) is 0 Å². The van der Waals surface area contributed by atoms with E-state index in [9.17, 15) is 10.1 Å². The first-order valence-corrected chi connectivity index (χ1v) is 4.32. The van der Waals surface area contributed by atoms with Crippen LogP contribution in [0.4, 0.5) is 5.69 Å². The van der Waals surface area contributed by atoms with Gasteiger partial charge in [-0.3, -0.25) is 10.1 Å². The van der Waals surface area contributed by atoms with Crippen LogP contribution in [0, 0.1) is 10.1 Å². The monoisotopic (exact) mass is 196 g/mol. The van der Waals surface area contributed by atoms with Crippen molar-refractivity contribution in [1.82, 2.24) is 5.48 Å². The van der Waals surface area contributed by atoms with E-state index >= 15 is 0 Å². The molecule has 0 saturated carbocycles. The van der Waals surface area contributed by atoms with Gasteiger partial charge in [-0.1, -0.05) is 12.1 Å². The van der Waals surface area contributed by atoms with Crippen LogP contribution in [-0.2, 0) is 11.4 Å². The molecule has 0 bridgehead atoms. The number of nitro groups is 1. The van der Waals surface area contributed by atoms with Crippen LogP contribution in [0.25, 0.3) is 0 Å². The molecule has 0 heterocycles. The summed E-state index contributed by atoms with van der Waals surface area (Å²) in [6.45, 7) is 3.02. The van der Waals surface area contributed by atoms with Crippen molar-refractivity contribution in [2.75, 3.05) is 6.61 Å². The summed E-state index contributed by atoms with van der Waals surface area (Å²) in [5, 5.41) is 10.3. The Bertz CT molecular complexity index is 297. The number of rotatable bonds is 5. The predicted octanol–water partition coefficient (Wildman–Crippen LogP) is 1.64. The highest BCUT2D eigenvalue weighted by atomic mass is 16.6. The second kappa shape index (κ2) is 5.31. The zero-order chi connectivity index (χ0) is 10.4. The maximum Gasteiger partial charge on any atom is 0.269 e. The first-order valence-electron chi connectivity index (χ1n) is 4.32. The summed E-state index contributed by atoms with van der Waals surface area (Å²) in [5.41, 5.74) is 3.78. The third-order valence-corrected chi connectivity index (χ3v) is 1.67. The molecule has 0 aromatic heterocycles. The van der Waals surface area contributed by atoms with Crippen molar-refractivity contribution in [1.29, 1.82) is 0 Å². The van der Waals surface area contributed by atoms with Crippen molar-refractivity contribution >= 4 is 5.69 Å². The Hall–Kier alpha value is -1.46. The summed E-state index contributed by atoms with van der Waals surface area (Å²) in [4.78, 5) is 14.9. The van der Waals surface area contributed by atoms with Crippen molar-refractivity contribution in [3.05, 3.63) is 39.9 Å². The Labute approximate surface area is 81.8 Å². The van der Waals surface area contributed by atoms with E-state index in [0.29, 0.717) is 13.2 Å². The van der Waals surface area contributed by atoms with Gasteiger partial charge in [0.25, 0.3) is 5.69 Å². The molecule has 14 heavy (non-hydrogen) atoms. The molecule has 1 aromatic carbocycles. The van der Waals surface area contributed by atoms with Gasteiger partial charge in [-0.2, -0.15) is 5.48 Å². The van der Waals surface area contributed by atoms with Gasteiger partial charge in [-0.25, -0.2) is 0 Å². The fraction of sp³-hybridized carbons (Fsp3) is 0.333. The highest BCUT2D eigenvalue weighted by Gasteiger charge is 2.02. The summed E-state index contributed by atoms with van der Waals surface area (Å²) < 4.78 is 0. The molecule has 0 amide bonds. The maximum absolute atomic E-state index is 10.3. The van der Waals surface area contributed by atoms with E-state index in [1.807, 2.05) is 6.92 Å². The highest BCUT2D eigenvalue weighted by Crippen LogP contribution is 2.11. The second-order valence-electron chi connectivity index (χ2n) is 2.68. The third-order valence-electron chi connectivity index (χ3n) is 1.67. The van der Waals surface area contributed by atoms with Crippen molar-refractivity contribution in [3.63, 3.8) is 0 Å². The minimum Gasteiger partial charge on any atom is -0.302 e. The average molecular weight is 196 g/mol. The molecule has 5 nitrogen and oxygen atoms in total. The van der Waals surface area contributed by atoms with Gasteiger partial charge in [0.2, 0.25) is 0 Å². The van der Waals surface area contributed by atoms with Crippen LogP contribution in [0.5, 0.6) is 0 Å². The molecule has 5 heteroatoms. The van der Waals surface area contributed by atoms with Crippen molar-refractivity contribution in [2.45, 2.75) is 13.5 Å². The number of hydroxylamine groups is 1. The molecular weight excluding hydrogens is 184 g/mol. The average Bonchev–Trinajstić information content (AvgIpc) is 2.19. The van der Waals surface area contributed by atoms with E-state index in [-0.39, 0.29) is 5.69 Å². The molecule has 0 fully saturated rings. The molecule has 0 unspecified atom stereocenters. The Kier molecular flexibility index (Phi) is 4.03. The van der Waals surface area contributed by atoms with E-state index in [0.717, 1.165) is 5.56 Å². The molecule has 0 spiro atoms. The zero-order valence-corrected chi connectivity index (χ0v) is 7.90. The second-order valence-corrected chi connectivity index (χ2v) is 2.68. The molecule has 0 aliphatic rings. The summed E-state index contributed by atoms with van der Waals surface area (Å²) in [6, 6.07) is 6.35. The number of nitrogens with one attached hydrogen (secondary N) is 1. The van der Waals surface area contributed by atoms with Gasteiger partial charge in [-0.15, -0.1) is 0 Å². The van der Waals surface area contributed by atoms with Gasteiger partial charge in [0.05, 0.1) is 11.5 Å². The molecule has 0 aliphatic heterocycles. The SMILES string of the molecule is CCONCc1ccc([N+](=O)[O-])cc1. The molecule has 1 aromatic rings. The summed E-state index contributed by atoms with van der Waals surface area (Å²) in [7, 11) is 0. The van der Waals surface area contributed by atoms with Crippen LogP contribution in [0.1, 0.15) is 12.5 Å². The van der Waals surface area contributed by atoms with E-state index < -0.39 is 4.92 Å². The lowest BCUT2D eigenvalue weighted by atomic mass is 10.2. The Morgan fingerprint density at radius 3 is 2.57 bits per heavy atom. The topological polar surface area (TPSA) is 64.4 Å². The first kappa shape index (κ1) is 10.6. The van der Waals surface area contributed by atoms with E-state index in [1.165, 1.54) is 12.1 Å². The van der Waals surface area contributed by atoms with Gasteiger partial charge in [0, 0.05) is 18.7 Å². The Morgan fingerprint density at radius 1 is 1.43 bits per heavy atom. The van der Waals surface area contributed by atoms with Crippen LogP contribution < -0.4 is 5.48 Å². The van der Waals surface area contributed by atoms with E-state index in [1.54, 1.807) is 12.1 Å². The lowest BCUT2D eigenvalue weighted by Gasteiger charge is -2.02. The third kappa shape index (κ3) is 3.12. The molecule has 0 saturated heterocycles. The lowest BCUT2D eigenvalue weighted by Crippen LogP contribution is -2.13. The normalized spacial score (nSPS) is 10.1. The first-order chi connectivity index (χ1) is 6.74. The smallest absolute Gasteiger partial charge is 0.269 e. The summed E-state index contributed by atoms with van der Waals surface area (Å²) >= 11 is 0. The minimum absolute atomic E-state index is 0.102. The van der Waals surface area contributed by atoms with Gasteiger partial charge in [0.15, 0.2) is 0 Å². The molecular formula is C9H12N2O3. The summed E-state index contributed by atoms with van der Waals surface area (Å²) in [5.74, 6) is 0. The van der Waals surface area contributed by atoms with Crippen LogP contribution in [-0.4, -0.2) is 11.5 Å². The van der Waals surface area contributed by atoms with Crippen molar-refractivity contribution in [2.24, 2.45) is 0 Å². The fourth-order valence-electron chi connectivity index (χ4n) is 0.972. The van der Waals surface area contributed by atoms with Gasteiger partial charge in [0.1, 0.15) is 0 Å². The predicted molar refractivity (Wildman–Crippen MR) is 51.6 cm³/mol. The molecule has 1 N–H and O–H groups in total. The summed E-state index contributed by atoms with van der Waals surface area (Å²) in [6.07, 6.45) is 0. The lowest BCUT2D eigenvalue weighted by molar-refractivity contribution is -0.384. The van der Waals surface area contributed by atoms with E-state index in [4.69, 9.17) is 4.84 Å². The quantitative estimate of drug-likeness (QED) is 0.441. The number of hydrogen-bond acceptors (Lipinski definition) is 4. The largest absolute Gasteiger partial charge is 0.302 e. The number of nitrogens with zero attached hydrogens (tertiary/aromatic N) is 1. The zero-order valence-electron chi connectivity index (χ0n) is 7.90. The van der Waals surface area contributed by atoms with Gasteiger partial charge < -0.3 is 4.84 Å². The number of non-ortho nitro benzene ring substituents is 1. The highest BCUT2D eigenvalue weighted by molar-refractivity contribution is 5.32. The van der Waals surface area contributed by atoms with Crippen LogP contribution in [0.2, 0.25) is 0 Å². The Balaban J connectivity index is 2.51. The maximum atomic E-state index is 10.3. The molecule has 0 atom stereocenters. The fourth-order valence-corrected chi connectivity index (χ4v) is 0.972. The molecule has 0 aliphatic carbocycles. The molecule has 76 valence electrons. The Morgan fingerprint density at radius 2 is 2.07 bits per heavy atom. The number of benzene rings is 1. The molecule has 1 rings (SSSR count). The molecule has 0 radical (unpaired) electrons. The van der Waals surface area contributed by atoms with Crippen molar-refractivity contribution in [3.8, 4) is 0 Å². The van der Waals surface area contributed by atoms with E-state index in [2.05, 4.69) is 5.48 Å².